The first-order valence-corrected chi connectivity index (χ1v) is 8.73. The van der Waals surface area contributed by atoms with Crippen molar-refractivity contribution in [3.63, 3.8) is 0 Å². The maximum Gasteiger partial charge on any atom is 0.239 e. The Morgan fingerprint density at radius 3 is 2.57 bits per heavy atom. The summed E-state index contributed by atoms with van der Waals surface area (Å²) in [7, 11) is 2.25. The Balaban J connectivity index is 2.05. The summed E-state index contributed by atoms with van der Waals surface area (Å²) < 4.78 is 0. The highest BCUT2D eigenvalue weighted by molar-refractivity contribution is 5.84. The molecule has 1 aliphatic heterocycles. The second kappa shape index (κ2) is 7.10. The summed E-state index contributed by atoms with van der Waals surface area (Å²) in [5.41, 5.74) is 5.91. The van der Waals surface area contributed by atoms with Gasteiger partial charge in [0.25, 0.3) is 0 Å². The van der Waals surface area contributed by atoms with Gasteiger partial charge in [0, 0.05) is 24.7 Å². The fourth-order valence-corrected chi connectivity index (χ4v) is 4.16. The molecule has 4 atom stereocenters. The topological polar surface area (TPSA) is 49.6 Å². The third kappa shape index (κ3) is 3.59. The quantitative estimate of drug-likeness (QED) is 0.846. The van der Waals surface area contributed by atoms with Crippen molar-refractivity contribution < 1.29 is 4.79 Å². The number of rotatable bonds is 5. The zero-order chi connectivity index (χ0) is 15.6. The van der Waals surface area contributed by atoms with Crippen molar-refractivity contribution >= 4 is 5.91 Å². The molecule has 1 saturated heterocycles. The van der Waals surface area contributed by atoms with E-state index in [-0.39, 0.29) is 11.9 Å². The molecule has 2 fully saturated rings. The van der Waals surface area contributed by atoms with E-state index in [1.165, 1.54) is 25.7 Å². The molecule has 0 radical (unpaired) electrons. The van der Waals surface area contributed by atoms with Crippen molar-refractivity contribution in [2.24, 2.45) is 11.7 Å². The van der Waals surface area contributed by atoms with Crippen molar-refractivity contribution in [1.82, 2.24) is 9.80 Å². The predicted octanol–water partition coefficient (Wildman–Crippen LogP) is 2.22. The Hall–Kier alpha value is -0.610. The summed E-state index contributed by atoms with van der Waals surface area (Å²) >= 11 is 0. The van der Waals surface area contributed by atoms with E-state index in [4.69, 9.17) is 5.73 Å². The molecule has 2 rings (SSSR count). The fourth-order valence-electron chi connectivity index (χ4n) is 4.16. The third-order valence-corrected chi connectivity index (χ3v) is 5.65. The van der Waals surface area contributed by atoms with Crippen LogP contribution in [0.2, 0.25) is 0 Å². The van der Waals surface area contributed by atoms with Crippen molar-refractivity contribution in [3.8, 4) is 0 Å². The standard InChI is InChI=1S/C17H33N3O/c1-5-6-13-11-14(19(4)12(2)3)7-8-16(13)20-10-9-15(18)17(20)21/h12-16H,5-11,18H2,1-4H3/t13-,14+,15?,16+/m1/s1. The molecule has 0 spiro atoms. The van der Waals surface area contributed by atoms with Crippen molar-refractivity contribution in [3.05, 3.63) is 0 Å². The molecule has 1 amide bonds. The fraction of sp³-hybridized carbons (Fsp3) is 0.941. The van der Waals surface area contributed by atoms with E-state index in [1.54, 1.807) is 0 Å². The molecule has 4 nitrogen and oxygen atoms in total. The van der Waals surface area contributed by atoms with Gasteiger partial charge in [0.1, 0.15) is 0 Å². The van der Waals surface area contributed by atoms with Crippen molar-refractivity contribution in [2.45, 2.75) is 83.5 Å². The number of nitrogens with zero attached hydrogens (tertiary/aromatic N) is 2. The molecule has 122 valence electrons. The Morgan fingerprint density at radius 1 is 1.33 bits per heavy atom. The highest BCUT2D eigenvalue weighted by atomic mass is 16.2. The van der Waals surface area contributed by atoms with Gasteiger partial charge in [-0.05, 0) is 58.9 Å². The van der Waals surface area contributed by atoms with Crippen LogP contribution in [0.15, 0.2) is 0 Å². The van der Waals surface area contributed by atoms with Gasteiger partial charge in [0.15, 0.2) is 0 Å². The van der Waals surface area contributed by atoms with E-state index in [0.717, 1.165) is 19.4 Å². The van der Waals surface area contributed by atoms with Crippen LogP contribution in [0, 0.1) is 5.92 Å². The maximum absolute atomic E-state index is 12.3. The van der Waals surface area contributed by atoms with Gasteiger partial charge < -0.3 is 15.5 Å². The lowest BCUT2D eigenvalue weighted by molar-refractivity contribution is -0.133. The first-order chi connectivity index (χ1) is 9.95. The molecule has 0 bridgehead atoms. The Morgan fingerprint density at radius 2 is 2.05 bits per heavy atom. The van der Waals surface area contributed by atoms with Gasteiger partial charge in [-0.15, -0.1) is 0 Å². The SMILES string of the molecule is CCC[C@@H]1C[C@@H](N(C)C(C)C)CC[C@@H]1N1CCC(N)C1=O. The summed E-state index contributed by atoms with van der Waals surface area (Å²) in [6, 6.07) is 1.45. The van der Waals surface area contributed by atoms with E-state index in [9.17, 15) is 4.79 Å². The van der Waals surface area contributed by atoms with Gasteiger partial charge in [-0.3, -0.25) is 4.79 Å². The summed E-state index contributed by atoms with van der Waals surface area (Å²) in [6.45, 7) is 7.66. The number of hydrogen-bond acceptors (Lipinski definition) is 3. The Bertz CT molecular complexity index is 358. The molecule has 1 heterocycles. The number of hydrogen-bond donors (Lipinski definition) is 1. The Labute approximate surface area is 130 Å². The Kier molecular flexibility index (Phi) is 5.67. The normalized spacial score (nSPS) is 34.2. The van der Waals surface area contributed by atoms with Gasteiger partial charge >= 0.3 is 0 Å². The minimum absolute atomic E-state index is 0.191. The van der Waals surface area contributed by atoms with E-state index in [1.807, 2.05) is 0 Å². The summed E-state index contributed by atoms with van der Waals surface area (Å²) in [5.74, 6) is 0.834. The average molecular weight is 295 g/mol. The molecule has 1 saturated carbocycles. The lowest BCUT2D eigenvalue weighted by Crippen LogP contribution is -2.51. The maximum atomic E-state index is 12.3. The second-order valence-corrected chi connectivity index (χ2v) is 7.27. The number of nitrogens with two attached hydrogens (primary N) is 1. The van der Waals surface area contributed by atoms with E-state index >= 15 is 0 Å². The predicted molar refractivity (Wildman–Crippen MR) is 87.0 cm³/mol. The van der Waals surface area contributed by atoms with Crippen molar-refractivity contribution in [1.29, 1.82) is 0 Å². The van der Waals surface area contributed by atoms with Crippen LogP contribution in [0.3, 0.4) is 0 Å². The first-order valence-electron chi connectivity index (χ1n) is 8.73. The van der Waals surface area contributed by atoms with Crippen LogP contribution in [0.5, 0.6) is 0 Å². The molecule has 21 heavy (non-hydrogen) atoms. The van der Waals surface area contributed by atoms with Gasteiger partial charge in [-0.25, -0.2) is 0 Å². The number of likely N-dealkylation sites (tertiary alicyclic amines) is 1. The molecule has 0 aromatic carbocycles. The third-order valence-electron chi connectivity index (χ3n) is 5.65. The summed E-state index contributed by atoms with van der Waals surface area (Å²) in [6.07, 6.45) is 6.85. The van der Waals surface area contributed by atoms with E-state index in [0.29, 0.717) is 24.0 Å². The van der Waals surface area contributed by atoms with Gasteiger partial charge in [0.2, 0.25) is 5.91 Å². The van der Waals surface area contributed by atoms with Crippen LogP contribution in [0.25, 0.3) is 0 Å². The molecule has 1 unspecified atom stereocenters. The van der Waals surface area contributed by atoms with Crippen LogP contribution >= 0.6 is 0 Å². The largest absolute Gasteiger partial charge is 0.338 e. The molecule has 2 aliphatic rings. The highest BCUT2D eigenvalue weighted by Gasteiger charge is 2.40. The molecular formula is C17H33N3O. The first kappa shape index (κ1) is 16.8. The zero-order valence-corrected chi connectivity index (χ0v) is 14.2. The minimum Gasteiger partial charge on any atom is -0.338 e. The van der Waals surface area contributed by atoms with E-state index < -0.39 is 0 Å². The van der Waals surface area contributed by atoms with Crippen LogP contribution in [-0.2, 0) is 4.79 Å². The van der Waals surface area contributed by atoms with Crippen LogP contribution in [0.4, 0.5) is 0 Å². The molecule has 4 heteroatoms. The summed E-state index contributed by atoms with van der Waals surface area (Å²) in [4.78, 5) is 16.9. The van der Waals surface area contributed by atoms with Gasteiger partial charge in [0.05, 0.1) is 6.04 Å². The number of carbonyl (C=O) groups is 1. The second-order valence-electron chi connectivity index (χ2n) is 7.27. The molecule has 2 N–H and O–H groups in total. The smallest absolute Gasteiger partial charge is 0.239 e. The van der Waals surface area contributed by atoms with Gasteiger partial charge in [-0.1, -0.05) is 13.3 Å². The molecule has 0 aromatic heterocycles. The zero-order valence-electron chi connectivity index (χ0n) is 14.2. The number of amides is 1. The number of carbonyl (C=O) groups excluding carboxylic acids is 1. The summed E-state index contributed by atoms with van der Waals surface area (Å²) in [5, 5.41) is 0. The lowest BCUT2D eigenvalue weighted by atomic mass is 9.77. The lowest BCUT2D eigenvalue weighted by Gasteiger charge is -2.44. The molecule has 1 aliphatic carbocycles. The van der Waals surface area contributed by atoms with Gasteiger partial charge in [-0.2, -0.15) is 0 Å². The average Bonchev–Trinajstić information content (AvgIpc) is 2.78. The highest BCUT2D eigenvalue weighted by Crippen LogP contribution is 2.36. The monoisotopic (exact) mass is 295 g/mol. The van der Waals surface area contributed by atoms with Crippen LogP contribution < -0.4 is 5.73 Å². The van der Waals surface area contributed by atoms with Crippen molar-refractivity contribution in [2.75, 3.05) is 13.6 Å². The minimum atomic E-state index is -0.247. The molecular weight excluding hydrogens is 262 g/mol. The van der Waals surface area contributed by atoms with Crippen LogP contribution in [-0.4, -0.2) is 53.5 Å². The van der Waals surface area contributed by atoms with E-state index in [2.05, 4.69) is 37.6 Å². The van der Waals surface area contributed by atoms with Crippen LogP contribution in [0.1, 0.15) is 59.3 Å². The molecule has 0 aromatic rings.